The first-order chi connectivity index (χ1) is 10.1. The van der Waals surface area contributed by atoms with Crippen LogP contribution in [0.15, 0.2) is 45.9 Å². The highest BCUT2D eigenvalue weighted by Gasteiger charge is 2.32. The number of para-hydroxylation sites is 1. The molecule has 5 nitrogen and oxygen atoms in total. The van der Waals surface area contributed by atoms with Crippen LogP contribution in [0.25, 0.3) is 0 Å². The second-order valence-electron chi connectivity index (χ2n) is 4.96. The molecule has 0 bridgehead atoms. The van der Waals surface area contributed by atoms with Crippen molar-refractivity contribution in [2.24, 2.45) is 0 Å². The third-order valence-electron chi connectivity index (χ3n) is 3.58. The maximum atomic E-state index is 12.7. The monoisotopic (exact) mass is 306 g/mol. The van der Waals surface area contributed by atoms with Crippen LogP contribution < -0.4 is 9.62 Å². The van der Waals surface area contributed by atoms with Crippen molar-refractivity contribution < 1.29 is 12.8 Å². The van der Waals surface area contributed by atoms with E-state index in [0.29, 0.717) is 18.8 Å². The minimum absolute atomic E-state index is 0.00658. The quantitative estimate of drug-likeness (QED) is 0.919. The molecular formula is C15H18N2O3S. The molecule has 1 aliphatic heterocycles. The van der Waals surface area contributed by atoms with E-state index >= 15 is 0 Å². The van der Waals surface area contributed by atoms with E-state index in [1.807, 2.05) is 31.2 Å². The van der Waals surface area contributed by atoms with Gasteiger partial charge < -0.3 is 9.73 Å². The van der Waals surface area contributed by atoms with Crippen molar-refractivity contribution in [3.8, 4) is 0 Å². The van der Waals surface area contributed by atoms with Crippen molar-refractivity contribution in [3.63, 3.8) is 0 Å². The molecule has 112 valence electrons. The Bertz CT molecular complexity index is 737. The van der Waals surface area contributed by atoms with Gasteiger partial charge in [-0.1, -0.05) is 25.1 Å². The van der Waals surface area contributed by atoms with Gasteiger partial charge in [0.05, 0.1) is 12.2 Å². The Labute approximate surface area is 124 Å². The SMILES string of the molecule is CCNCc1ccc(S(=O)(=O)N2CCc3ccccc32)o1. The Morgan fingerprint density at radius 3 is 2.86 bits per heavy atom. The lowest BCUT2D eigenvalue weighted by Gasteiger charge is -2.17. The summed E-state index contributed by atoms with van der Waals surface area (Å²) < 4.78 is 32.3. The summed E-state index contributed by atoms with van der Waals surface area (Å²) in [7, 11) is -3.62. The molecule has 1 aromatic carbocycles. The summed E-state index contributed by atoms with van der Waals surface area (Å²) in [5.41, 5.74) is 1.81. The molecule has 1 aliphatic rings. The van der Waals surface area contributed by atoms with Crippen molar-refractivity contribution in [2.45, 2.75) is 25.0 Å². The summed E-state index contributed by atoms with van der Waals surface area (Å²) >= 11 is 0. The van der Waals surface area contributed by atoms with E-state index in [-0.39, 0.29) is 5.09 Å². The molecule has 0 saturated heterocycles. The Hall–Kier alpha value is -1.79. The van der Waals surface area contributed by atoms with Crippen LogP contribution in [0.3, 0.4) is 0 Å². The van der Waals surface area contributed by atoms with E-state index in [2.05, 4.69) is 5.32 Å². The van der Waals surface area contributed by atoms with Gasteiger partial charge in [-0.2, -0.15) is 8.42 Å². The molecule has 0 atom stereocenters. The third kappa shape index (κ3) is 2.56. The summed E-state index contributed by atoms with van der Waals surface area (Å²) in [4.78, 5) is 0. The zero-order chi connectivity index (χ0) is 14.9. The normalized spacial score (nSPS) is 14.4. The topological polar surface area (TPSA) is 62.6 Å². The van der Waals surface area contributed by atoms with Gasteiger partial charge in [-0.25, -0.2) is 0 Å². The molecule has 2 heterocycles. The second kappa shape index (κ2) is 5.54. The Morgan fingerprint density at radius 2 is 2.05 bits per heavy atom. The van der Waals surface area contributed by atoms with Crippen LogP contribution in [0.2, 0.25) is 0 Å². The van der Waals surface area contributed by atoms with Crippen LogP contribution in [-0.2, 0) is 23.0 Å². The molecule has 0 unspecified atom stereocenters. The summed E-state index contributed by atoms with van der Waals surface area (Å²) in [6.45, 7) is 3.79. The first kappa shape index (κ1) is 14.2. The molecule has 1 N–H and O–H groups in total. The average Bonchev–Trinajstić information content (AvgIpc) is 3.12. The minimum Gasteiger partial charge on any atom is -0.446 e. The zero-order valence-corrected chi connectivity index (χ0v) is 12.7. The number of hydrogen-bond donors (Lipinski definition) is 1. The molecule has 0 spiro atoms. The summed E-state index contributed by atoms with van der Waals surface area (Å²) in [5, 5.41) is 3.12. The van der Waals surface area contributed by atoms with Gasteiger partial charge in [0.1, 0.15) is 5.76 Å². The number of nitrogens with one attached hydrogen (secondary N) is 1. The van der Waals surface area contributed by atoms with Gasteiger partial charge in [-0.05, 0) is 36.7 Å². The Kier molecular flexibility index (Phi) is 3.73. The molecular weight excluding hydrogens is 288 g/mol. The van der Waals surface area contributed by atoms with Crippen LogP contribution in [0.4, 0.5) is 5.69 Å². The number of nitrogens with zero attached hydrogens (tertiary/aromatic N) is 1. The zero-order valence-electron chi connectivity index (χ0n) is 11.9. The molecule has 3 rings (SSSR count). The maximum absolute atomic E-state index is 12.7. The average molecular weight is 306 g/mol. The van der Waals surface area contributed by atoms with Crippen LogP contribution in [0, 0.1) is 0 Å². The van der Waals surface area contributed by atoms with Crippen LogP contribution in [-0.4, -0.2) is 21.5 Å². The van der Waals surface area contributed by atoms with Gasteiger partial charge in [-0.15, -0.1) is 0 Å². The number of sulfonamides is 1. The van der Waals surface area contributed by atoms with Gasteiger partial charge in [0.2, 0.25) is 5.09 Å². The molecule has 0 saturated carbocycles. The lowest BCUT2D eigenvalue weighted by molar-refractivity contribution is 0.403. The molecule has 0 radical (unpaired) electrons. The van der Waals surface area contributed by atoms with Crippen molar-refractivity contribution in [1.29, 1.82) is 0 Å². The van der Waals surface area contributed by atoms with E-state index in [9.17, 15) is 8.42 Å². The van der Waals surface area contributed by atoms with E-state index in [1.165, 1.54) is 10.4 Å². The molecule has 21 heavy (non-hydrogen) atoms. The first-order valence-electron chi connectivity index (χ1n) is 7.03. The lowest BCUT2D eigenvalue weighted by atomic mass is 10.2. The Balaban J connectivity index is 1.89. The highest BCUT2D eigenvalue weighted by molar-refractivity contribution is 7.92. The van der Waals surface area contributed by atoms with Crippen molar-refractivity contribution in [2.75, 3.05) is 17.4 Å². The van der Waals surface area contributed by atoms with E-state index < -0.39 is 10.0 Å². The fraction of sp³-hybridized carbons (Fsp3) is 0.333. The van der Waals surface area contributed by atoms with E-state index in [1.54, 1.807) is 6.07 Å². The number of fused-ring (bicyclic) bond motifs is 1. The fourth-order valence-corrected chi connectivity index (χ4v) is 3.94. The summed E-state index contributed by atoms with van der Waals surface area (Å²) in [5.74, 6) is 0.628. The standard InChI is InChI=1S/C15H18N2O3S/c1-2-16-11-13-7-8-15(20-13)21(18,19)17-10-9-12-5-3-4-6-14(12)17/h3-8,16H,2,9-11H2,1H3. The largest absolute Gasteiger partial charge is 0.446 e. The van der Waals surface area contributed by atoms with Gasteiger partial charge >= 0.3 is 0 Å². The van der Waals surface area contributed by atoms with Crippen molar-refractivity contribution in [1.82, 2.24) is 5.32 Å². The van der Waals surface area contributed by atoms with E-state index in [0.717, 1.165) is 24.2 Å². The number of furan rings is 1. The van der Waals surface area contributed by atoms with Gasteiger partial charge in [-0.3, -0.25) is 4.31 Å². The molecule has 0 fully saturated rings. The summed E-state index contributed by atoms with van der Waals surface area (Å²) in [6, 6.07) is 10.8. The highest BCUT2D eigenvalue weighted by atomic mass is 32.2. The first-order valence-corrected chi connectivity index (χ1v) is 8.47. The Morgan fingerprint density at radius 1 is 1.24 bits per heavy atom. The summed E-state index contributed by atoms with van der Waals surface area (Å²) in [6.07, 6.45) is 0.736. The van der Waals surface area contributed by atoms with Gasteiger partial charge in [0.15, 0.2) is 0 Å². The van der Waals surface area contributed by atoms with Crippen molar-refractivity contribution in [3.05, 3.63) is 47.7 Å². The fourth-order valence-electron chi connectivity index (χ4n) is 2.51. The van der Waals surface area contributed by atoms with Crippen LogP contribution in [0.5, 0.6) is 0 Å². The predicted molar refractivity (Wildman–Crippen MR) is 80.8 cm³/mol. The van der Waals surface area contributed by atoms with Gasteiger partial charge in [0.25, 0.3) is 10.0 Å². The van der Waals surface area contributed by atoms with Crippen LogP contribution in [0.1, 0.15) is 18.2 Å². The minimum atomic E-state index is -3.62. The molecule has 0 amide bonds. The lowest BCUT2D eigenvalue weighted by Crippen LogP contribution is -2.28. The smallest absolute Gasteiger partial charge is 0.297 e. The number of hydrogen-bond acceptors (Lipinski definition) is 4. The van der Waals surface area contributed by atoms with Crippen LogP contribution >= 0.6 is 0 Å². The molecule has 0 aliphatic carbocycles. The third-order valence-corrected chi connectivity index (χ3v) is 5.26. The number of anilines is 1. The highest BCUT2D eigenvalue weighted by Crippen LogP contribution is 2.33. The number of benzene rings is 1. The number of rotatable bonds is 5. The molecule has 2 aromatic rings. The van der Waals surface area contributed by atoms with Crippen molar-refractivity contribution >= 4 is 15.7 Å². The van der Waals surface area contributed by atoms with E-state index in [4.69, 9.17) is 4.42 Å². The second-order valence-corrected chi connectivity index (χ2v) is 6.75. The molecule has 6 heteroatoms. The molecule has 1 aromatic heterocycles. The van der Waals surface area contributed by atoms with Gasteiger partial charge in [0, 0.05) is 6.54 Å². The maximum Gasteiger partial charge on any atom is 0.297 e. The predicted octanol–water partition coefficient (Wildman–Crippen LogP) is 2.14.